The van der Waals surface area contributed by atoms with Crippen molar-refractivity contribution in [3.63, 3.8) is 0 Å². The van der Waals surface area contributed by atoms with Crippen LogP contribution in [0.15, 0.2) is 59.8 Å². The summed E-state index contributed by atoms with van der Waals surface area (Å²) in [5.41, 5.74) is 2.50. The topological polar surface area (TPSA) is 155 Å². The Balaban J connectivity index is 1.38. The number of carbonyl (C=O) groups excluding carboxylic acids is 2. The molecule has 4 aromatic rings. The number of H-pyrrole nitrogens is 2. The van der Waals surface area contributed by atoms with Crippen molar-refractivity contribution in [1.82, 2.24) is 24.4 Å². The molecule has 0 saturated heterocycles. The summed E-state index contributed by atoms with van der Waals surface area (Å²) >= 11 is 0. The summed E-state index contributed by atoms with van der Waals surface area (Å²) in [7, 11) is -0.354. The fourth-order valence-electron chi connectivity index (χ4n) is 4.62. The van der Waals surface area contributed by atoms with Gasteiger partial charge in [-0.05, 0) is 50.5 Å². The van der Waals surface area contributed by atoms with Crippen molar-refractivity contribution in [2.45, 2.75) is 17.9 Å². The Bertz CT molecular complexity index is 1740. The molecule has 1 aliphatic heterocycles. The SMILES string of the molecule is CN(C)CCNc1ccc(C(=O)Nc2n[nH]c3c2CN(S(=O)(=O)c2cc(F)cc(F)c2)CC3)c(NC(=O)c2cc[nH]c2)c1. The Morgan fingerprint density at radius 3 is 2.51 bits per heavy atom. The van der Waals surface area contributed by atoms with E-state index >= 15 is 0 Å². The Hall–Kier alpha value is -4.60. The Morgan fingerprint density at radius 2 is 1.81 bits per heavy atom. The second-order valence-corrected chi connectivity index (χ2v) is 12.2. The molecule has 2 aromatic carbocycles. The van der Waals surface area contributed by atoms with Crippen LogP contribution in [0.1, 0.15) is 32.0 Å². The molecule has 2 aromatic heterocycles. The van der Waals surface area contributed by atoms with Crippen molar-refractivity contribution in [1.29, 1.82) is 0 Å². The molecule has 2 amide bonds. The molecule has 0 unspecified atom stereocenters. The zero-order valence-electron chi connectivity index (χ0n) is 23.4. The Kier molecular flexibility index (Phi) is 8.57. The molecular weight excluding hydrogens is 582 g/mol. The number of likely N-dealkylation sites (N-methyl/N-ethyl adjacent to an activating group) is 1. The third-order valence-electron chi connectivity index (χ3n) is 6.86. The van der Waals surface area contributed by atoms with Gasteiger partial charge >= 0.3 is 0 Å². The maximum atomic E-state index is 13.8. The highest BCUT2D eigenvalue weighted by Crippen LogP contribution is 2.30. The van der Waals surface area contributed by atoms with Gasteiger partial charge in [-0.3, -0.25) is 14.7 Å². The lowest BCUT2D eigenvalue weighted by Crippen LogP contribution is -2.36. The maximum Gasteiger partial charge on any atom is 0.258 e. The summed E-state index contributed by atoms with van der Waals surface area (Å²) in [5, 5.41) is 15.8. The van der Waals surface area contributed by atoms with Gasteiger partial charge in [-0.1, -0.05) is 0 Å². The number of rotatable bonds is 10. The van der Waals surface area contributed by atoms with Gasteiger partial charge in [0.1, 0.15) is 11.6 Å². The first-order chi connectivity index (χ1) is 20.5. The second kappa shape index (κ2) is 12.3. The van der Waals surface area contributed by atoms with Crippen LogP contribution in [0.2, 0.25) is 0 Å². The number of aromatic amines is 2. The van der Waals surface area contributed by atoms with Gasteiger partial charge in [-0.15, -0.1) is 0 Å². The van der Waals surface area contributed by atoms with Crippen molar-refractivity contribution in [2.75, 3.05) is 49.7 Å². The molecule has 5 rings (SSSR count). The number of benzene rings is 2. The molecule has 0 bridgehead atoms. The fourth-order valence-corrected chi connectivity index (χ4v) is 6.07. The standard InChI is InChI=1S/C28H30F2N8O4S/c1-37(2)10-8-32-20-3-4-22(25(14-20)33-27(39)17-5-7-31-15-17)28(40)34-26-23-16-38(9-6-24(23)35-36-26)43(41,42)21-12-18(29)11-19(30)13-21/h3-5,7,11-15,31-32H,6,8-10,16H2,1-2H3,(H,33,39)(H2,34,35,36,40). The number of hydrogen-bond acceptors (Lipinski definition) is 7. The van der Waals surface area contributed by atoms with Gasteiger partial charge in [-0.2, -0.15) is 9.40 Å². The Morgan fingerprint density at radius 1 is 1.05 bits per heavy atom. The van der Waals surface area contributed by atoms with Crippen LogP contribution >= 0.6 is 0 Å². The van der Waals surface area contributed by atoms with Crippen LogP contribution in [-0.4, -0.2) is 78.3 Å². The molecule has 0 fully saturated rings. The molecule has 0 aliphatic carbocycles. The number of nitrogens with one attached hydrogen (secondary N) is 5. The third-order valence-corrected chi connectivity index (χ3v) is 8.69. The van der Waals surface area contributed by atoms with E-state index in [0.29, 0.717) is 35.1 Å². The molecule has 15 heteroatoms. The highest BCUT2D eigenvalue weighted by Gasteiger charge is 2.32. The zero-order chi connectivity index (χ0) is 30.7. The van der Waals surface area contributed by atoms with Crippen molar-refractivity contribution >= 4 is 39.0 Å². The molecular formula is C28H30F2N8O4S. The van der Waals surface area contributed by atoms with Crippen LogP contribution < -0.4 is 16.0 Å². The predicted molar refractivity (Wildman–Crippen MR) is 156 cm³/mol. The summed E-state index contributed by atoms with van der Waals surface area (Å²) < 4.78 is 55.0. The van der Waals surface area contributed by atoms with E-state index in [1.165, 1.54) is 6.20 Å². The minimum atomic E-state index is -4.25. The van der Waals surface area contributed by atoms with Crippen molar-refractivity contribution in [2.24, 2.45) is 0 Å². The molecule has 43 heavy (non-hydrogen) atoms. The van der Waals surface area contributed by atoms with Gasteiger partial charge in [-0.25, -0.2) is 17.2 Å². The average molecular weight is 613 g/mol. The number of aromatic nitrogens is 3. The summed E-state index contributed by atoms with van der Waals surface area (Å²) in [6, 6.07) is 8.64. The van der Waals surface area contributed by atoms with Gasteiger partial charge in [0.2, 0.25) is 10.0 Å². The molecule has 226 valence electrons. The van der Waals surface area contributed by atoms with E-state index in [0.717, 1.165) is 23.0 Å². The molecule has 0 radical (unpaired) electrons. The number of nitrogens with zero attached hydrogens (tertiary/aromatic N) is 3. The monoisotopic (exact) mass is 612 g/mol. The molecule has 0 saturated carbocycles. The molecule has 1 aliphatic rings. The van der Waals surface area contributed by atoms with Crippen LogP contribution in [0.4, 0.5) is 26.0 Å². The lowest BCUT2D eigenvalue weighted by molar-refractivity contribution is 0.102. The zero-order valence-corrected chi connectivity index (χ0v) is 24.2. The molecule has 12 nitrogen and oxygen atoms in total. The molecule has 3 heterocycles. The van der Waals surface area contributed by atoms with Gasteiger partial charge in [0, 0.05) is 68.0 Å². The maximum absolute atomic E-state index is 13.8. The first-order valence-electron chi connectivity index (χ1n) is 13.3. The number of sulfonamides is 1. The molecule has 0 atom stereocenters. The van der Waals surface area contributed by atoms with Crippen LogP contribution in [0.3, 0.4) is 0 Å². The number of carbonyl (C=O) groups is 2. The quantitative estimate of drug-likeness (QED) is 0.184. The lowest BCUT2D eigenvalue weighted by atomic mass is 10.1. The summed E-state index contributed by atoms with van der Waals surface area (Å²) in [6.45, 7) is 1.25. The summed E-state index contributed by atoms with van der Waals surface area (Å²) in [4.78, 5) is 30.7. The molecule has 0 spiro atoms. The van der Waals surface area contributed by atoms with Crippen LogP contribution in [0, 0.1) is 11.6 Å². The van der Waals surface area contributed by atoms with E-state index in [1.54, 1.807) is 30.5 Å². The van der Waals surface area contributed by atoms with Crippen LogP contribution in [0.5, 0.6) is 0 Å². The number of amides is 2. The highest BCUT2D eigenvalue weighted by molar-refractivity contribution is 7.89. The number of halogens is 2. The normalized spacial score (nSPS) is 13.5. The van der Waals surface area contributed by atoms with E-state index < -0.39 is 38.4 Å². The van der Waals surface area contributed by atoms with Gasteiger partial charge < -0.3 is 25.8 Å². The van der Waals surface area contributed by atoms with E-state index in [9.17, 15) is 26.8 Å². The largest absolute Gasteiger partial charge is 0.384 e. The van der Waals surface area contributed by atoms with Crippen molar-refractivity contribution in [3.05, 3.63) is 88.9 Å². The third kappa shape index (κ3) is 6.74. The first kappa shape index (κ1) is 29.9. The fraction of sp³-hybridized carbons (Fsp3) is 0.250. The second-order valence-electron chi connectivity index (χ2n) is 10.2. The predicted octanol–water partition coefficient (Wildman–Crippen LogP) is 3.24. The lowest BCUT2D eigenvalue weighted by Gasteiger charge is -2.26. The highest BCUT2D eigenvalue weighted by atomic mass is 32.2. The van der Waals surface area contributed by atoms with Crippen molar-refractivity contribution < 1.29 is 26.8 Å². The summed E-state index contributed by atoms with van der Waals surface area (Å²) in [6.07, 6.45) is 3.37. The smallest absolute Gasteiger partial charge is 0.258 e. The van der Waals surface area contributed by atoms with E-state index in [4.69, 9.17) is 0 Å². The number of hydrogen-bond donors (Lipinski definition) is 5. The van der Waals surface area contributed by atoms with Crippen LogP contribution in [0.25, 0.3) is 0 Å². The van der Waals surface area contributed by atoms with Crippen LogP contribution in [-0.2, 0) is 23.0 Å². The molecule has 5 N–H and O–H groups in total. The minimum Gasteiger partial charge on any atom is -0.384 e. The average Bonchev–Trinajstić information content (AvgIpc) is 3.63. The van der Waals surface area contributed by atoms with E-state index in [2.05, 4.69) is 31.1 Å². The van der Waals surface area contributed by atoms with E-state index in [1.807, 2.05) is 19.0 Å². The minimum absolute atomic E-state index is 0.0423. The Labute approximate surface area is 246 Å². The number of fused-ring (bicyclic) bond motifs is 1. The first-order valence-corrected chi connectivity index (χ1v) is 14.8. The van der Waals surface area contributed by atoms with Gasteiger partial charge in [0.05, 0.1) is 21.7 Å². The van der Waals surface area contributed by atoms with Gasteiger partial charge in [0.15, 0.2) is 5.82 Å². The van der Waals surface area contributed by atoms with Crippen molar-refractivity contribution in [3.8, 4) is 0 Å². The number of anilines is 3. The van der Waals surface area contributed by atoms with E-state index in [-0.39, 0.29) is 36.6 Å². The van der Waals surface area contributed by atoms with Gasteiger partial charge in [0.25, 0.3) is 11.8 Å². The summed E-state index contributed by atoms with van der Waals surface area (Å²) in [5.74, 6) is -2.93.